The van der Waals surface area contributed by atoms with Gasteiger partial charge in [0.2, 0.25) is 21.8 Å². The molecule has 2 N–H and O–H groups in total. The fourth-order valence-electron chi connectivity index (χ4n) is 6.03. The van der Waals surface area contributed by atoms with Crippen LogP contribution in [0.2, 0.25) is 0 Å². The van der Waals surface area contributed by atoms with Gasteiger partial charge >= 0.3 is 0 Å². The largest absolute Gasteiger partial charge is 0.322 e. The molecule has 0 bridgehead atoms. The minimum atomic E-state index is -3.61. The predicted molar refractivity (Wildman–Crippen MR) is 147 cm³/mol. The number of carbonyl (C=O) groups is 3. The zero-order chi connectivity index (χ0) is 28.0. The number of hydrogen-bond acceptors (Lipinski definition) is 6. The van der Waals surface area contributed by atoms with E-state index in [1.54, 1.807) is 41.2 Å². The number of fused-ring (bicyclic) bond motifs is 1. The average molecular weight is 562 g/mol. The Labute approximate surface area is 232 Å². The van der Waals surface area contributed by atoms with Crippen molar-refractivity contribution in [3.63, 3.8) is 0 Å². The highest BCUT2D eigenvalue weighted by atomic mass is 32.2. The molecule has 1 aliphatic carbocycles. The topological polar surface area (TPSA) is 130 Å². The summed E-state index contributed by atoms with van der Waals surface area (Å²) in [4.78, 5) is 38.8. The summed E-state index contributed by atoms with van der Waals surface area (Å²) in [6.45, 7) is 0.282. The summed E-state index contributed by atoms with van der Waals surface area (Å²) in [6.07, 6.45) is 7.24. The van der Waals surface area contributed by atoms with Crippen molar-refractivity contribution in [2.45, 2.75) is 68.5 Å². The van der Waals surface area contributed by atoms with E-state index in [0.717, 1.165) is 60.1 Å². The molecule has 3 heterocycles. The van der Waals surface area contributed by atoms with Gasteiger partial charge in [0, 0.05) is 42.7 Å². The molecule has 40 heavy (non-hydrogen) atoms. The third-order valence-electron chi connectivity index (χ3n) is 8.14. The van der Waals surface area contributed by atoms with E-state index < -0.39 is 22.0 Å². The van der Waals surface area contributed by atoms with Gasteiger partial charge in [-0.05, 0) is 54.7 Å². The first-order valence-electron chi connectivity index (χ1n) is 13.6. The van der Waals surface area contributed by atoms with Crippen molar-refractivity contribution in [2.24, 2.45) is 7.05 Å². The summed E-state index contributed by atoms with van der Waals surface area (Å²) in [5, 5.41) is 6.78. The molecule has 11 heteroatoms. The number of nitrogens with one attached hydrogen (secondary N) is 2. The molecule has 208 valence electrons. The number of nitrogens with zero attached hydrogens (tertiary/aromatic N) is 3. The third kappa shape index (κ3) is 4.84. The SMILES string of the molecule is Cn1ncc(-c2ccc3c(c2)CN(C2CCC(=O)NC2=O)C3=O)c1-c1ccc(S(=O)(=O)NC2CCCCC2)cc1. The molecule has 10 nitrogen and oxygen atoms in total. The molecule has 1 saturated heterocycles. The molecular weight excluding hydrogens is 530 g/mol. The van der Waals surface area contributed by atoms with Crippen molar-refractivity contribution in [3.05, 3.63) is 59.8 Å². The first-order chi connectivity index (χ1) is 19.2. The van der Waals surface area contributed by atoms with Crippen LogP contribution in [-0.4, -0.2) is 52.9 Å². The molecule has 2 fully saturated rings. The first kappa shape index (κ1) is 26.4. The highest BCUT2D eigenvalue weighted by Crippen LogP contribution is 2.36. The van der Waals surface area contributed by atoms with Crippen LogP contribution >= 0.6 is 0 Å². The lowest BCUT2D eigenvalue weighted by Gasteiger charge is -2.29. The van der Waals surface area contributed by atoms with Crippen LogP contribution in [0.5, 0.6) is 0 Å². The maximum Gasteiger partial charge on any atom is 0.255 e. The van der Waals surface area contributed by atoms with E-state index in [2.05, 4.69) is 15.1 Å². The number of piperidine rings is 1. The zero-order valence-electron chi connectivity index (χ0n) is 22.2. The van der Waals surface area contributed by atoms with Crippen molar-refractivity contribution in [2.75, 3.05) is 0 Å². The van der Waals surface area contributed by atoms with E-state index in [4.69, 9.17) is 0 Å². The molecule has 6 rings (SSSR count). The van der Waals surface area contributed by atoms with Crippen molar-refractivity contribution in [3.8, 4) is 22.4 Å². The van der Waals surface area contributed by atoms with Crippen LogP contribution in [0.4, 0.5) is 0 Å². The summed E-state index contributed by atoms with van der Waals surface area (Å²) >= 11 is 0. The molecule has 1 atom stereocenters. The van der Waals surface area contributed by atoms with E-state index in [-0.39, 0.29) is 35.7 Å². The summed E-state index contributed by atoms with van der Waals surface area (Å²) in [5.41, 5.74) is 4.67. The summed E-state index contributed by atoms with van der Waals surface area (Å²) in [7, 11) is -1.78. The Morgan fingerprint density at radius 3 is 2.38 bits per heavy atom. The van der Waals surface area contributed by atoms with E-state index in [1.165, 1.54) is 4.90 Å². The van der Waals surface area contributed by atoms with Gasteiger partial charge in [-0.1, -0.05) is 37.5 Å². The fraction of sp³-hybridized carbons (Fsp3) is 0.379. The number of carbonyl (C=O) groups excluding carboxylic acids is 3. The van der Waals surface area contributed by atoms with Crippen molar-refractivity contribution < 1.29 is 22.8 Å². The van der Waals surface area contributed by atoms with Crippen molar-refractivity contribution in [1.82, 2.24) is 24.7 Å². The lowest BCUT2D eigenvalue weighted by atomic mass is 9.96. The second-order valence-electron chi connectivity index (χ2n) is 10.8. The van der Waals surface area contributed by atoms with Crippen LogP contribution in [0.3, 0.4) is 0 Å². The zero-order valence-corrected chi connectivity index (χ0v) is 23.0. The predicted octanol–water partition coefficient (Wildman–Crippen LogP) is 3.13. The Bertz CT molecular complexity index is 1610. The van der Waals surface area contributed by atoms with Gasteiger partial charge in [-0.2, -0.15) is 5.10 Å². The van der Waals surface area contributed by atoms with E-state index in [1.807, 2.05) is 19.2 Å². The lowest BCUT2D eigenvalue weighted by Crippen LogP contribution is -2.52. The van der Waals surface area contributed by atoms with Gasteiger partial charge in [0.15, 0.2) is 0 Å². The van der Waals surface area contributed by atoms with Gasteiger partial charge in [0.1, 0.15) is 6.04 Å². The summed E-state index contributed by atoms with van der Waals surface area (Å²) in [6, 6.07) is 11.7. The Morgan fingerprint density at radius 1 is 0.925 bits per heavy atom. The second-order valence-corrected chi connectivity index (χ2v) is 12.5. The molecule has 2 aromatic carbocycles. The standard InChI is InChI=1S/C29H31N5O5S/c1-33-27(18-7-10-22(11-8-18)40(38,39)32-21-5-3-2-4-6-21)24(16-30-33)19-9-12-23-20(15-19)17-34(29(23)37)25-13-14-26(35)31-28(25)36/h7-12,15-16,21,25,32H,2-6,13-14,17H2,1H3,(H,31,35,36). The minimum Gasteiger partial charge on any atom is -0.322 e. The van der Waals surface area contributed by atoms with Gasteiger partial charge in [-0.25, -0.2) is 13.1 Å². The highest BCUT2D eigenvalue weighted by molar-refractivity contribution is 7.89. The monoisotopic (exact) mass is 561 g/mol. The van der Waals surface area contributed by atoms with Gasteiger partial charge < -0.3 is 4.90 Å². The van der Waals surface area contributed by atoms with Crippen molar-refractivity contribution >= 4 is 27.7 Å². The Kier molecular flexibility index (Phi) is 6.79. The number of rotatable bonds is 6. The quantitative estimate of drug-likeness (QED) is 0.445. The smallest absolute Gasteiger partial charge is 0.255 e. The molecule has 2 aliphatic heterocycles. The average Bonchev–Trinajstić information content (AvgIpc) is 3.48. The lowest BCUT2D eigenvalue weighted by molar-refractivity contribution is -0.136. The summed E-state index contributed by atoms with van der Waals surface area (Å²) < 4.78 is 30.5. The number of amides is 3. The van der Waals surface area contributed by atoms with Crippen LogP contribution in [-0.2, 0) is 33.2 Å². The first-order valence-corrected chi connectivity index (χ1v) is 15.1. The maximum atomic E-state index is 13.1. The van der Waals surface area contributed by atoms with Gasteiger partial charge in [0.05, 0.1) is 16.8 Å². The van der Waals surface area contributed by atoms with Crippen LogP contribution in [0, 0.1) is 0 Å². The van der Waals surface area contributed by atoms with Crippen LogP contribution in [0.15, 0.2) is 53.6 Å². The maximum absolute atomic E-state index is 13.1. The normalized spacial score (nSPS) is 20.1. The van der Waals surface area contributed by atoms with E-state index >= 15 is 0 Å². The number of aromatic nitrogens is 2. The summed E-state index contributed by atoms with van der Waals surface area (Å²) in [5.74, 6) is -0.976. The number of imide groups is 1. The highest BCUT2D eigenvalue weighted by Gasteiger charge is 2.39. The minimum absolute atomic E-state index is 0.0142. The number of hydrogen-bond donors (Lipinski definition) is 2. The van der Waals surface area contributed by atoms with Crippen LogP contribution < -0.4 is 10.0 Å². The van der Waals surface area contributed by atoms with Crippen LogP contribution in [0.25, 0.3) is 22.4 Å². The third-order valence-corrected chi connectivity index (χ3v) is 9.67. The Balaban J connectivity index is 1.25. The Hall–Kier alpha value is -3.83. The second kappa shape index (κ2) is 10.3. The van der Waals surface area contributed by atoms with Gasteiger partial charge in [0.25, 0.3) is 5.91 Å². The van der Waals surface area contributed by atoms with Gasteiger partial charge in [-0.15, -0.1) is 0 Å². The molecule has 1 aromatic heterocycles. The number of sulfonamides is 1. The fourth-order valence-corrected chi connectivity index (χ4v) is 7.34. The van der Waals surface area contributed by atoms with Crippen molar-refractivity contribution in [1.29, 1.82) is 0 Å². The molecule has 0 spiro atoms. The van der Waals surface area contributed by atoms with E-state index in [0.29, 0.717) is 12.0 Å². The van der Waals surface area contributed by atoms with Gasteiger partial charge in [-0.3, -0.25) is 24.4 Å². The molecular formula is C29H31N5O5S. The molecule has 3 amide bonds. The Morgan fingerprint density at radius 2 is 1.65 bits per heavy atom. The number of aryl methyl sites for hydroxylation is 1. The molecule has 3 aliphatic rings. The molecule has 0 radical (unpaired) electrons. The van der Waals surface area contributed by atoms with E-state index in [9.17, 15) is 22.8 Å². The molecule has 1 unspecified atom stereocenters. The van der Waals surface area contributed by atoms with Crippen LogP contribution in [0.1, 0.15) is 60.9 Å². The molecule has 1 saturated carbocycles. The molecule has 3 aromatic rings. The number of benzene rings is 2.